The summed E-state index contributed by atoms with van der Waals surface area (Å²) < 4.78 is 0.988. The Kier molecular flexibility index (Phi) is 5.24. The Bertz CT molecular complexity index is 435. The molecular formula is C15H25BrN4. The lowest BCUT2D eigenvalue weighted by atomic mass is 9.74. The Morgan fingerprint density at radius 2 is 1.85 bits per heavy atom. The Morgan fingerprint density at radius 1 is 1.20 bits per heavy atom. The summed E-state index contributed by atoms with van der Waals surface area (Å²) in [4.78, 5) is 11.1. The highest BCUT2D eigenvalue weighted by atomic mass is 79.9. The van der Waals surface area contributed by atoms with Crippen LogP contribution in [0.3, 0.4) is 0 Å². The van der Waals surface area contributed by atoms with E-state index in [9.17, 15) is 0 Å². The van der Waals surface area contributed by atoms with Gasteiger partial charge >= 0.3 is 0 Å². The van der Waals surface area contributed by atoms with Crippen LogP contribution in [-0.2, 0) is 0 Å². The molecule has 20 heavy (non-hydrogen) atoms. The van der Waals surface area contributed by atoms with Gasteiger partial charge in [-0.3, -0.25) is 0 Å². The van der Waals surface area contributed by atoms with E-state index in [1.165, 1.54) is 25.7 Å². The fourth-order valence-corrected chi connectivity index (χ4v) is 3.62. The number of hydrogen-bond donors (Lipinski definition) is 1. The van der Waals surface area contributed by atoms with Gasteiger partial charge in [0.15, 0.2) is 0 Å². The molecule has 1 aromatic rings. The van der Waals surface area contributed by atoms with Crippen molar-refractivity contribution < 1.29 is 0 Å². The summed E-state index contributed by atoms with van der Waals surface area (Å²) in [5.41, 5.74) is 0.542. The monoisotopic (exact) mass is 340 g/mol. The molecule has 1 aliphatic heterocycles. The zero-order chi connectivity index (χ0) is 14.6. The first-order valence-corrected chi connectivity index (χ1v) is 8.44. The van der Waals surface area contributed by atoms with Crippen molar-refractivity contribution >= 4 is 27.6 Å². The molecule has 1 fully saturated rings. The van der Waals surface area contributed by atoms with E-state index < -0.39 is 0 Å². The first kappa shape index (κ1) is 15.5. The first-order chi connectivity index (χ1) is 9.65. The van der Waals surface area contributed by atoms with Crippen molar-refractivity contribution in [3.8, 4) is 0 Å². The van der Waals surface area contributed by atoms with E-state index in [0.29, 0.717) is 5.41 Å². The Hall–Kier alpha value is -0.840. The summed E-state index contributed by atoms with van der Waals surface area (Å²) in [6, 6.07) is 0. The zero-order valence-corrected chi connectivity index (χ0v) is 14.3. The predicted octanol–water partition coefficient (Wildman–Crippen LogP) is 4.08. The van der Waals surface area contributed by atoms with Crippen molar-refractivity contribution in [2.24, 2.45) is 5.41 Å². The van der Waals surface area contributed by atoms with Gasteiger partial charge in [0.25, 0.3) is 0 Å². The average Bonchev–Trinajstić information content (AvgIpc) is 2.50. The van der Waals surface area contributed by atoms with Crippen molar-refractivity contribution in [2.75, 3.05) is 29.9 Å². The van der Waals surface area contributed by atoms with Crippen LogP contribution < -0.4 is 10.2 Å². The van der Waals surface area contributed by atoms with Gasteiger partial charge < -0.3 is 10.2 Å². The number of hydrogen-bond acceptors (Lipinski definition) is 4. The van der Waals surface area contributed by atoms with E-state index in [4.69, 9.17) is 0 Å². The molecule has 0 unspecified atom stereocenters. The second kappa shape index (κ2) is 6.74. The third kappa shape index (κ3) is 3.08. The van der Waals surface area contributed by atoms with E-state index >= 15 is 0 Å². The number of rotatable bonds is 5. The number of piperidine rings is 1. The number of halogens is 1. The average molecular weight is 341 g/mol. The van der Waals surface area contributed by atoms with Gasteiger partial charge in [0.1, 0.15) is 22.4 Å². The van der Waals surface area contributed by atoms with Crippen LogP contribution >= 0.6 is 15.9 Å². The molecular weight excluding hydrogens is 316 g/mol. The van der Waals surface area contributed by atoms with Gasteiger partial charge in [-0.05, 0) is 41.1 Å². The van der Waals surface area contributed by atoms with Crippen LogP contribution in [0.5, 0.6) is 0 Å². The van der Waals surface area contributed by atoms with E-state index in [-0.39, 0.29) is 0 Å². The number of nitrogens with one attached hydrogen (secondary N) is 1. The molecule has 5 heteroatoms. The molecule has 0 radical (unpaired) electrons. The summed E-state index contributed by atoms with van der Waals surface area (Å²) >= 11 is 3.65. The summed E-state index contributed by atoms with van der Waals surface area (Å²) in [7, 11) is 0. The Balaban J connectivity index is 2.13. The number of aromatic nitrogens is 2. The molecule has 0 spiro atoms. The fourth-order valence-electron chi connectivity index (χ4n) is 3.02. The third-order valence-corrected chi connectivity index (χ3v) is 5.47. The molecule has 0 aliphatic carbocycles. The van der Waals surface area contributed by atoms with Crippen LogP contribution in [0.25, 0.3) is 0 Å². The van der Waals surface area contributed by atoms with Crippen LogP contribution in [0.1, 0.15) is 46.5 Å². The summed E-state index contributed by atoms with van der Waals surface area (Å²) in [6.45, 7) is 9.76. The van der Waals surface area contributed by atoms with E-state index in [1.54, 1.807) is 6.33 Å². The summed E-state index contributed by atoms with van der Waals surface area (Å²) in [5, 5.41) is 3.27. The molecule has 112 valence electrons. The lowest BCUT2D eigenvalue weighted by molar-refractivity contribution is 0.199. The zero-order valence-electron chi connectivity index (χ0n) is 12.7. The maximum Gasteiger partial charge on any atom is 0.148 e. The minimum Gasteiger partial charge on any atom is -0.369 e. The highest BCUT2D eigenvalue weighted by Crippen LogP contribution is 2.40. The van der Waals surface area contributed by atoms with Gasteiger partial charge in [-0.25, -0.2) is 9.97 Å². The highest BCUT2D eigenvalue weighted by Gasteiger charge is 2.32. The van der Waals surface area contributed by atoms with Crippen molar-refractivity contribution in [1.82, 2.24) is 9.97 Å². The van der Waals surface area contributed by atoms with Crippen LogP contribution in [0.4, 0.5) is 11.6 Å². The maximum absolute atomic E-state index is 4.47. The SMILES string of the molecule is CCNc1ncnc(N2CCC(CC)(CC)CC2)c1Br. The Morgan fingerprint density at radius 3 is 2.40 bits per heavy atom. The second-order valence-corrected chi connectivity index (χ2v) is 6.38. The van der Waals surface area contributed by atoms with Crippen molar-refractivity contribution in [1.29, 1.82) is 0 Å². The highest BCUT2D eigenvalue weighted by molar-refractivity contribution is 9.10. The predicted molar refractivity (Wildman–Crippen MR) is 88.4 cm³/mol. The van der Waals surface area contributed by atoms with Crippen LogP contribution in [0.2, 0.25) is 0 Å². The molecule has 2 rings (SSSR count). The van der Waals surface area contributed by atoms with Gasteiger partial charge in [0.2, 0.25) is 0 Å². The normalized spacial score (nSPS) is 18.1. The van der Waals surface area contributed by atoms with Gasteiger partial charge in [0, 0.05) is 19.6 Å². The van der Waals surface area contributed by atoms with Crippen LogP contribution in [0, 0.1) is 5.41 Å². The molecule has 0 saturated carbocycles. The van der Waals surface area contributed by atoms with Crippen LogP contribution in [-0.4, -0.2) is 29.6 Å². The standard InChI is InChI=1S/C15H25BrN4/c1-4-15(5-2)7-9-20(10-8-15)14-12(16)13(17-6-3)18-11-19-14/h11H,4-10H2,1-3H3,(H,17,18,19). The molecule has 0 atom stereocenters. The molecule has 0 bridgehead atoms. The van der Waals surface area contributed by atoms with E-state index in [2.05, 4.69) is 56.9 Å². The minimum atomic E-state index is 0.542. The van der Waals surface area contributed by atoms with Crippen molar-refractivity contribution in [2.45, 2.75) is 46.5 Å². The van der Waals surface area contributed by atoms with Gasteiger partial charge in [-0.1, -0.05) is 26.7 Å². The van der Waals surface area contributed by atoms with Crippen molar-refractivity contribution in [3.05, 3.63) is 10.8 Å². The summed E-state index contributed by atoms with van der Waals surface area (Å²) in [5.74, 6) is 1.91. The topological polar surface area (TPSA) is 41.1 Å². The molecule has 2 heterocycles. The third-order valence-electron chi connectivity index (χ3n) is 4.74. The largest absolute Gasteiger partial charge is 0.369 e. The molecule has 4 nitrogen and oxygen atoms in total. The lowest BCUT2D eigenvalue weighted by Gasteiger charge is -2.41. The number of nitrogens with zero attached hydrogens (tertiary/aromatic N) is 3. The Labute approximate surface area is 130 Å². The number of anilines is 2. The van der Waals surface area contributed by atoms with Gasteiger partial charge in [0.05, 0.1) is 0 Å². The maximum atomic E-state index is 4.47. The van der Waals surface area contributed by atoms with E-state index in [1.807, 2.05) is 0 Å². The van der Waals surface area contributed by atoms with Crippen LogP contribution in [0.15, 0.2) is 10.8 Å². The smallest absolute Gasteiger partial charge is 0.148 e. The molecule has 0 amide bonds. The van der Waals surface area contributed by atoms with Gasteiger partial charge in [-0.15, -0.1) is 0 Å². The molecule has 0 aromatic carbocycles. The molecule has 1 saturated heterocycles. The summed E-state index contributed by atoms with van der Waals surface area (Å²) in [6.07, 6.45) is 6.73. The molecule has 1 N–H and O–H groups in total. The molecule has 1 aliphatic rings. The van der Waals surface area contributed by atoms with Crippen molar-refractivity contribution in [3.63, 3.8) is 0 Å². The first-order valence-electron chi connectivity index (χ1n) is 7.65. The van der Waals surface area contributed by atoms with E-state index in [0.717, 1.165) is 35.7 Å². The quantitative estimate of drug-likeness (QED) is 0.876. The lowest BCUT2D eigenvalue weighted by Crippen LogP contribution is -2.40. The molecule has 1 aromatic heterocycles. The minimum absolute atomic E-state index is 0.542. The second-order valence-electron chi connectivity index (χ2n) is 5.58. The fraction of sp³-hybridized carbons (Fsp3) is 0.733. The van der Waals surface area contributed by atoms with Gasteiger partial charge in [-0.2, -0.15) is 0 Å².